The molecule has 0 fully saturated rings. The number of rotatable bonds is 4. The van der Waals surface area contributed by atoms with Gasteiger partial charge in [0.15, 0.2) is 11.0 Å². The van der Waals surface area contributed by atoms with Gasteiger partial charge in [0.25, 0.3) is 0 Å². The highest BCUT2D eigenvalue weighted by Crippen LogP contribution is 2.30. The van der Waals surface area contributed by atoms with E-state index in [2.05, 4.69) is 27.0 Å². The molecule has 0 aliphatic carbocycles. The summed E-state index contributed by atoms with van der Waals surface area (Å²) in [7, 11) is 0. The lowest BCUT2D eigenvalue weighted by atomic mass is 10.1. The molecule has 1 aliphatic heterocycles. The first kappa shape index (κ1) is 20.5. The Hall–Kier alpha value is -3.36. The van der Waals surface area contributed by atoms with Gasteiger partial charge in [0, 0.05) is 47.5 Å². The van der Waals surface area contributed by atoms with Gasteiger partial charge < -0.3 is 21.6 Å². The largest absolute Gasteiger partial charge is 0.494 e. The molecule has 7 nitrogen and oxygen atoms in total. The number of aliphatic imine (C=N–C) groups is 1. The Kier molecular flexibility index (Phi) is 5.32. The van der Waals surface area contributed by atoms with Crippen molar-refractivity contribution in [3.8, 4) is 5.88 Å². The molecule has 0 saturated carbocycles. The molecule has 0 amide bonds. The van der Waals surface area contributed by atoms with E-state index in [4.69, 9.17) is 16.5 Å². The third-order valence-corrected chi connectivity index (χ3v) is 6.91. The Labute approximate surface area is 190 Å². The van der Waals surface area contributed by atoms with Gasteiger partial charge in [0.05, 0.1) is 22.7 Å². The number of nitrogens with one attached hydrogen (secondary N) is 1. The van der Waals surface area contributed by atoms with Gasteiger partial charge in [-0.15, -0.1) is 11.3 Å². The summed E-state index contributed by atoms with van der Waals surface area (Å²) in [6.07, 6.45) is 1.95. The van der Waals surface area contributed by atoms with E-state index in [9.17, 15) is 5.11 Å². The Morgan fingerprint density at radius 3 is 2.75 bits per heavy atom. The van der Waals surface area contributed by atoms with Gasteiger partial charge in [0.1, 0.15) is 0 Å². The number of nitrogens with two attached hydrogens (primary N) is 2. The standard InChI is InChI=1S/C24H26N6OS/c1-14(22-18-12-16(25)4-7-19(18)28-23(22)31)27-17-5-2-15(3-6-17)13-30-10-8-20-21(9-11-30)32-24(26)29-20/h2-7,12,28,31H,8-11,13,25H2,1H3,(H2,26,29). The fraction of sp³-hybridized carbons (Fsp3) is 0.250. The Bertz CT molecular complexity index is 1280. The monoisotopic (exact) mass is 446 g/mol. The quantitative estimate of drug-likeness (QED) is 0.276. The van der Waals surface area contributed by atoms with Crippen molar-refractivity contribution in [1.29, 1.82) is 0 Å². The van der Waals surface area contributed by atoms with Crippen LogP contribution in [0.15, 0.2) is 47.5 Å². The van der Waals surface area contributed by atoms with Crippen molar-refractivity contribution in [1.82, 2.24) is 14.9 Å². The summed E-state index contributed by atoms with van der Waals surface area (Å²) < 4.78 is 0. The van der Waals surface area contributed by atoms with Gasteiger partial charge in [-0.05, 0) is 49.2 Å². The zero-order chi connectivity index (χ0) is 22.2. The molecule has 0 bridgehead atoms. The predicted octanol–water partition coefficient (Wildman–Crippen LogP) is 4.24. The van der Waals surface area contributed by atoms with Crippen molar-refractivity contribution in [2.45, 2.75) is 26.3 Å². The molecule has 5 rings (SSSR count). The van der Waals surface area contributed by atoms with Crippen LogP contribution in [-0.2, 0) is 19.4 Å². The second kappa shape index (κ2) is 8.29. The van der Waals surface area contributed by atoms with Gasteiger partial charge in [-0.1, -0.05) is 12.1 Å². The third-order valence-electron chi connectivity index (χ3n) is 5.92. The number of thiazole rings is 1. The van der Waals surface area contributed by atoms with Crippen LogP contribution in [0, 0.1) is 0 Å². The molecule has 164 valence electrons. The molecule has 32 heavy (non-hydrogen) atoms. The van der Waals surface area contributed by atoms with Crippen molar-refractivity contribution in [2.75, 3.05) is 24.6 Å². The van der Waals surface area contributed by atoms with Crippen LogP contribution in [-0.4, -0.2) is 38.8 Å². The lowest BCUT2D eigenvalue weighted by Crippen LogP contribution is -2.25. The number of hydrogen-bond acceptors (Lipinski definition) is 7. The molecule has 0 atom stereocenters. The number of fused-ring (bicyclic) bond motifs is 2. The number of H-pyrrole nitrogens is 1. The summed E-state index contributed by atoms with van der Waals surface area (Å²) in [4.78, 5) is 16.0. The number of benzene rings is 2. The van der Waals surface area contributed by atoms with E-state index in [1.165, 1.54) is 10.4 Å². The summed E-state index contributed by atoms with van der Waals surface area (Å²) >= 11 is 1.62. The maximum Gasteiger partial charge on any atom is 0.198 e. The van der Waals surface area contributed by atoms with Gasteiger partial charge in [-0.2, -0.15) is 0 Å². The van der Waals surface area contributed by atoms with Crippen molar-refractivity contribution < 1.29 is 5.11 Å². The summed E-state index contributed by atoms with van der Waals surface area (Å²) in [5, 5.41) is 11.9. The van der Waals surface area contributed by atoms with Crippen molar-refractivity contribution in [3.05, 3.63) is 64.2 Å². The highest BCUT2D eigenvalue weighted by Gasteiger charge is 2.18. The van der Waals surface area contributed by atoms with Crippen LogP contribution in [0.2, 0.25) is 0 Å². The summed E-state index contributed by atoms with van der Waals surface area (Å²) in [5.41, 5.74) is 18.0. The molecule has 0 unspecified atom stereocenters. The summed E-state index contributed by atoms with van der Waals surface area (Å²) in [5.74, 6) is 0.106. The van der Waals surface area contributed by atoms with E-state index < -0.39 is 0 Å². The molecule has 0 spiro atoms. The van der Waals surface area contributed by atoms with E-state index in [0.717, 1.165) is 60.5 Å². The minimum absolute atomic E-state index is 0.106. The SMILES string of the molecule is CC(=Nc1ccc(CN2CCc3nc(N)sc3CC2)cc1)c1c(O)[nH]c2ccc(N)cc12. The first-order valence-corrected chi connectivity index (χ1v) is 11.5. The molecule has 0 saturated heterocycles. The minimum atomic E-state index is 0.106. The van der Waals surface area contributed by atoms with Crippen LogP contribution in [0.1, 0.15) is 28.6 Å². The lowest BCUT2D eigenvalue weighted by Gasteiger charge is -2.19. The molecule has 2 aromatic carbocycles. The molecule has 2 aromatic heterocycles. The number of aromatic nitrogens is 2. The molecular weight excluding hydrogens is 420 g/mol. The van der Waals surface area contributed by atoms with Crippen LogP contribution in [0.5, 0.6) is 5.88 Å². The molecule has 3 heterocycles. The second-order valence-corrected chi connectivity index (χ2v) is 9.33. The van der Waals surface area contributed by atoms with Gasteiger partial charge in [0.2, 0.25) is 0 Å². The average Bonchev–Trinajstić information content (AvgIpc) is 3.22. The second-order valence-electron chi connectivity index (χ2n) is 8.22. The number of anilines is 2. The maximum atomic E-state index is 10.4. The molecule has 8 heteroatoms. The molecule has 0 radical (unpaired) electrons. The van der Waals surface area contributed by atoms with Crippen LogP contribution >= 0.6 is 11.3 Å². The lowest BCUT2D eigenvalue weighted by molar-refractivity contribution is 0.279. The number of nitrogen functional groups attached to an aromatic ring is 2. The smallest absolute Gasteiger partial charge is 0.198 e. The van der Waals surface area contributed by atoms with E-state index in [0.29, 0.717) is 16.4 Å². The fourth-order valence-electron chi connectivity index (χ4n) is 4.33. The zero-order valence-electron chi connectivity index (χ0n) is 17.9. The van der Waals surface area contributed by atoms with E-state index >= 15 is 0 Å². The maximum absolute atomic E-state index is 10.4. The van der Waals surface area contributed by atoms with Crippen molar-refractivity contribution in [3.63, 3.8) is 0 Å². The van der Waals surface area contributed by atoms with E-state index in [-0.39, 0.29) is 5.88 Å². The number of aromatic hydroxyl groups is 1. The Morgan fingerprint density at radius 1 is 1.16 bits per heavy atom. The minimum Gasteiger partial charge on any atom is -0.494 e. The first-order chi connectivity index (χ1) is 15.5. The first-order valence-electron chi connectivity index (χ1n) is 10.7. The van der Waals surface area contributed by atoms with Crippen LogP contribution in [0.4, 0.5) is 16.5 Å². The van der Waals surface area contributed by atoms with E-state index in [1.807, 2.05) is 37.3 Å². The van der Waals surface area contributed by atoms with Crippen molar-refractivity contribution >= 4 is 44.5 Å². The Morgan fingerprint density at radius 2 is 1.94 bits per heavy atom. The number of aromatic amines is 1. The predicted molar refractivity (Wildman–Crippen MR) is 132 cm³/mol. The van der Waals surface area contributed by atoms with Crippen LogP contribution in [0.25, 0.3) is 10.9 Å². The highest BCUT2D eigenvalue weighted by atomic mass is 32.1. The third kappa shape index (κ3) is 4.06. The van der Waals surface area contributed by atoms with Crippen LogP contribution < -0.4 is 11.5 Å². The zero-order valence-corrected chi connectivity index (χ0v) is 18.7. The van der Waals surface area contributed by atoms with Crippen LogP contribution in [0.3, 0.4) is 0 Å². The molecule has 6 N–H and O–H groups in total. The van der Waals surface area contributed by atoms with Crippen molar-refractivity contribution in [2.24, 2.45) is 4.99 Å². The average molecular weight is 447 g/mol. The summed E-state index contributed by atoms with van der Waals surface area (Å²) in [6, 6.07) is 13.8. The Balaban J connectivity index is 1.30. The van der Waals surface area contributed by atoms with Gasteiger partial charge in [-0.3, -0.25) is 9.89 Å². The topological polar surface area (TPSA) is 117 Å². The molecular formula is C24H26N6OS. The van der Waals surface area contributed by atoms with E-state index in [1.54, 1.807) is 11.3 Å². The van der Waals surface area contributed by atoms with Gasteiger partial charge in [-0.25, -0.2) is 4.98 Å². The summed E-state index contributed by atoms with van der Waals surface area (Å²) in [6.45, 7) is 4.79. The molecule has 1 aliphatic rings. The number of hydrogen-bond donors (Lipinski definition) is 4. The van der Waals surface area contributed by atoms with Gasteiger partial charge >= 0.3 is 0 Å². The number of nitrogens with zero attached hydrogens (tertiary/aromatic N) is 3. The highest BCUT2D eigenvalue weighted by molar-refractivity contribution is 7.15. The molecule has 4 aromatic rings. The fourth-order valence-corrected chi connectivity index (χ4v) is 5.20. The normalized spacial score (nSPS) is 15.1.